The fourth-order valence-electron chi connectivity index (χ4n) is 6.77. The van der Waals surface area contributed by atoms with Gasteiger partial charge in [0.15, 0.2) is 0 Å². The Labute approximate surface area is 194 Å². The van der Waals surface area contributed by atoms with Crippen molar-refractivity contribution < 1.29 is 8.42 Å². The molecule has 2 fully saturated rings. The number of halogens is 2. The number of hydrogen-bond donors (Lipinski definition) is 0. The molecule has 0 aromatic heterocycles. The Morgan fingerprint density at radius 2 is 1.84 bits per heavy atom. The molecule has 1 aliphatic heterocycles. The molecule has 6 rings (SSSR count). The molecular weight excluding hydrogens is 449 g/mol. The van der Waals surface area contributed by atoms with E-state index in [0.717, 1.165) is 6.42 Å². The van der Waals surface area contributed by atoms with Gasteiger partial charge in [0.1, 0.15) is 0 Å². The van der Waals surface area contributed by atoms with E-state index < -0.39 is 10.0 Å². The second kappa shape index (κ2) is 6.72. The van der Waals surface area contributed by atoms with Gasteiger partial charge in [0.25, 0.3) is 0 Å². The molecule has 0 bridgehead atoms. The molecule has 3 nitrogen and oxygen atoms in total. The fraction of sp³-hybridized carbons (Fsp3) is 0.520. The lowest BCUT2D eigenvalue weighted by Gasteiger charge is -2.41. The van der Waals surface area contributed by atoms with Crippen molar-refractivity contribution >= 4 is 33.2 Å². The first kappa shape index (κ1) is 20.5. The van der Waals surface area contributed by atoms with Crippen LogP contribution in [0.5, 0.6) is 0 Å². The highest BCUT2D eigenvalue weighted by Crippen LogP contribution is 2.77. The molecule has 1 unspecified atom stereocenters. The maximum atomic E-state index is 13.4. The summed E-state index contributed by atoms with van der Waals surface area (Å²) in [6, 6.07) is 9.52. The minimum absolute atomic E-state index is 0.0452. The molecule has 2 aromatic rings. The highest BCUT2D eigenvalue weighted by molar-refractivity contribution is 7.88. The second-order valence-corrected chi connectivity index (χ2v) is 13.0. The lowest BCUT2D eigenvalue weighted by molar-refractivity contribution is 0.280. The lowest BCUT2D eigenvalue weighted by atomic mass is 9.63. The summed E-state index contributed by atoms with van der Waals surface area (Å²) >= 11 is 12.1. The van der Waals surface area contributed by atoms with Crippen molar-refractivity contribution in [3.8, 4) is 0 Å². The van der Waals surface area contributed by atoms with Gasteiger partial charge in [-0.1, -0.05) is 41.4 Å². The van der Waals surface area contributed by atoms with Gasteiger partial charge in [0.2, 0.25) is 10.0 Å². The minimum atomic E-state index is -3.46. The Kier molecular flexibility index (Phi) is 4.45. The van der Waals surface area contributed by atoms with E-state index in [-0.39, 0.29) is 5.75 Å². The Morgan fingerprint density at radius 1 is 1.06 bits per heavy atom. The van der Waals surface area contributed by atoms with Gasteiger partial charge >= 0.3 is 0 Å². The average molecular weight is 476 g/mol. The SMILES string of the molecule is Cc1ccc2c3c1C1(CC1)C1(CC1)CC3CCN(S(=O)(=O)Cc1ccc(Cl)c(Cl)c1)C2. The Balaban J connectivity index is 1.36. The van der Waals surface area contributed by atoms with E-state index in [0.29, 0.717) is 45.4 Å². The van der Waals surface area contributed by atoms with Gasteiger partial charge in [-0.25, -0.2) is 8.42 Å². The predicted molar refractivity (Wildman–Crippen MR) is 125 cm³/mol. The zero-order chi connectivity index (χ0) is 21.6. The van der Waals surface area contributed by atoms with Gasteiger partial charge < -0.3 is 0 Å². The molecule has 4 aliphatic rings. The van der Waals surface area contributed by atoms with Crippen molar-refractivity contribution in [2.45, 2.75) is 69.1 Å². The summed E-state index contributed by atoms with van der Waals surface area (Å²) in [7, 11) is -3.46. The highest BCUT2D eigenvalue weighted by atomic mass is 35.5. The fourth-order valence-corrected chi connectivity index (χ4v) is 8.59. The second-order valence-electron chi connectivity index (χ2n) is 10.2. The van der Waals surface area contributed by atoms with E-state index >= 15 is 0 Å². The third kappa shape index (κ3) is 3.05. The number of fused-ring (bicyclic) bond motifs is 2. The summed E-state index contributed by atoms with van der Waals surface area (Å²) in [5.74, 6) is 0.444. The van der Waals surface area contributed by atoms with Crippen LogP contribution in [0.1, 0.15) is 72.3 Å². The van der Waals surface area contributed by atoms with Crippen LogP contribution in [0.3, 0.4) is 0 Å². The molecule has 2 saturated carbocycles. The van der Waals surface area contributed by atoms with Crippen molar-refractivity contribution in [3.05, 3.63) is 68.2 Å². The van der Waals surface area contributed by atoms with Crippen LogP contribution in [0.15, 0.2) is 30.3 Å². The van der Waals surface area contributed by atoms with Crippen molar-refractivity contribution in [2.24, 2.45) is 5.41 Å². The summed E-state index contributed by atoms with van der Waals surface area (Å²) < 4.78 is 28.5. The molecular formula is C25H27Cl2NO2S. The quantitative estimate of drug-likeness (QED) is 0.519. The largest absolute Gasteiger partial charge is 0.218 e. The van der Waals surface area contributed by atoms with Crippen LogP contribution in [-0.4, -0.2) is 19.3 Å². The Bertz CT molecular complexity index is 1200. The smallest absolute Gasteiger partial charge is 0.212 e. The lowest BCUT2D eigenvalue weighted by Crippen LogP contribution is -2.33. The van der Waals surface area contributed by atoms with Gasteiger partial charge in [0.05, 0.1) is 15.8 Å². The van der Waals surface area contributed by atoms with E-state index in [9.17, 15) is 8.42 Å². The Morgan fingerprint density at radius 3 is 2.52 bits per heavy atom. The normalized spacial score (nSPS) is 25.3. The van der Waals surface area contributed by atoms with Gasteiger partial charge in [-0.15, -0.1) is 0 Å². The van der Waals surface area contributed by atoms with Crippen molar-refractivity contribution in [1.29, 1.82) is 0 Å². The van der Waals surface area contributed by atoms with E-state index in [1.807, 2.05) is 0 Å². The van der Waals surface area contributed by atoms with Crippen molar-refractivity contribution in [3.63, 3.8) is 0 Å². The number of aryl methyl sites for hydroxylation is 1. The molecule has 2 aromatic carbocycles. The van der Waals surface area contributed by atoms with Crippen molar-refractivity contribution in [1.82, 2.24) is 4.31 Å². The third-order valence-corrected chi connectivity index (χ3v) is 11.0. The summed E-state index contributed by atoms with van der Waals surface area (Å²) in [6.07, 6.45) is 7.50. The summed E-state index contributed by atoms with van der Waals surface area (Å²) in [4.78, 5) is 0. The van der Waals surface area contributed by atoms with Crippen LogP contribution in [0.25, 0.3) is 0 Å². The van der Waals surface area contributed by atoms with E-state index in [1.54, 1.807) is 28.1 Å². The van der Waals surface area contributed by atoms with Gasteiger partial charge in [-0.05, 0) is 96.7 Å². The van der Waals surface area contributed by atoms with E-state index in [4.69, 9.17) is 23.2 Å². The van der Waals surface area contributed by atoms with Crippen LogP contribution in [0, 0.1) is 12.3 Å². The molecule has 0 saturated heterocycles. The van der Waals surface area contributed by atoms with Crippen LogP contribution < -0.4 is 0 Å². The van der Waals surface area contributed by atoms with Gasteiger partial charge in [0, 0.05) is 18.5 Å². The zero-order valence-corrected chi connectivity index (χ0v) is 20.1. The molecule has 164 valence electrons. The molecule has 6 heteroatoms. The first-order valence-corrected chi connectivity index (χ1v) is 13.7. The van der Waals surface area contributed by atoms with E-state index in [1.165, 1.54) is 48.8 Å². The summed E-state index contributed by atoms with van der Waals surface area (Å²) in [5, 5.41) is 0.838. The molecule has 3 aliphatic carbocycles. The minimum Gasteiger partial charge on any atom is -0.212 e. The van der Waals surface area contributed by atoms with Crippen molar-refractivity contribution in [2.75, 3.05) is 6.54 Å². The zero-order valence-electron chi connectivity index (χ0n) is 17.8. The maximum Gasteiger partial charge on any atom is 0.218 e. The first-order chi connectivity index (χ1) is 14.7. The number of nitrogens with zero attached hydrogens (tertiary/aromatic N) is 1. The monoisotopic (exact) mass is 475 g/mol. The van der Waals surface area contributed by atoms with E-state index in [2.05, 4.69) is 19.1 Å². The molecule has 0 N–H and O–H groups in total. The molecule has 1 atom stereocenters. The third-order valence-electron chi connectivity index (χ3n) is 8.49. The topological polar surface area (TPSA) is 37.4 Å². The van der Waals surface area contributed by atoms with Crippen LogP contribution in [-0.2, 0) is 27.7 Å². The number of hydrogen-bond acceptors (Lipinski definition) is 2. The summed E-state index contributed by atoms with van der Waals surface area (Å²) in [6.45, 7) is 3.33. The predicted octanol–water partition coefficient (Wildman–Crippen LogP) is 6.34. The average Bonchev–Trinajstić information content (AvgIpc) is 3.61. The molecule has 0 radical (unpaired) electrons. The highest BCUT2D eigenvalue weighted by Gasteiger charge is 2.69. The molecule has 2 spiro atoms. The maximum absolute atomic E-state index is 13.4. The number of benzene rings is 2. The summed E-state index contributed by atoms with van der Waals surface area (Å²) in [5.41, 5.74) is 7.32. The Hall–Kier alpha value is -1.07. The standard InChI is InChI=1S/C25H27Cl2NO2S/c1-16-2-4-19-14-28(31(29,30)15-17-3-5-20(26)21(27)12-17)11-6-18-13-24(7-8-24)25(9-10-25)23(16)22(18)19/h2-5,12,18H,6-11,13-15H2,1H3. The molecule has 1 heterocycles. The van der Waals surface area contributed by atoms with Crippen LogP contribution in [0.4, 0.5) is 0 Å². The van der Waals surface area contributed by atoms with Gasteiger partial charge in [-0.2, -0.15) is 4.31 Å². The molecule has 0 amide bonds. The molecule has 31 heavy (non-hydrogen) atoms. The number of sulfonamides is 1. The van der Waals surface area contributed by atoms with Crippen LogP contribution >= 0.6 is 23.2 Å². The number of rotatable bonds is 3. The van der Waals surface area contributed by atoms with Crippen LogP contribution in [0.2, 0.25) is 10.0 Å². The van der Waals surface area contributed by atoms with Gasteiger partial charge in [-0.3, -0.25) is 0 Å². The first-order valence-electron chi connectivity index (χ1n) is 11.3.